The van der Waals surface area contributed by atoms with Gasteiger partial charge >= 0.3 is 0 Å². The Morgan fingerprint density at radius 3 is 2.64 bits per heavy atom. The molecule has 0 bridgehead atoms. The van der Waals surface area contributed by atoms with Gasteiger partial charge in [0.2, 0.25) is 5.76 Å². The summed E-state index contributed by atoms with van der Waals surface area (Å²) in [5, 5.41) is 3.69. The van der Waals surface area contributed by atoms with E-state index in [9.17, 15) is 4.79 Å². The fourth-order valence-corrected chi connectivity index (χ4v) is 2.24. The Morgan fingerprint density at radius 2 is 2.00 bits per heavy atom. The van der Waals surface area contributed by atoms with Crippen molar-refractivity contribution in [3.8, 4) is 0 Å². The van der Waals surface area contributed by atoms with Gasteiger partial charge in [0, 0.05) is 5.56 Å². The SMILES string of the molecule is O=Cc1oncc1C1CCCCCC1. The van der Waals surface area contributed by atoms with Gasteiger partial charge in [0.1, 0.15) is 0 Å². The van der Waals surface area contributed by atoms with Gasteiger partial charge in [-0.2, -0.15) is 0 Å². The Balaban J connectivity index is 2.15. The Bertz CT molecular complexity index is 298. The largest absolute Gasteiger partial charge is 0.353 e. The van der Waals surface area contributed by atoms with Gasteiger partial charge in [-0.1, -0.05) is 30.8 Å². The minimum Gasteiger partial charge on any atom is -0.353 e. The lowest BCUT2D eigenvalue weighted by molar-refractivity contribution is 0.109. The van der Waals surface area contributed by atoms with Crippen molar-refractivity contribution >= 4 is 6.29 Å². The highest BCUT2D eigenvalue weighted by Gasteiger charge is 2.19. The third-order valence-electron chi connectivity index (χ3n) is 3.03. The van der Waals surface area contributed by atoms with Crippen LogP contribution in [0.4, 0.5) is 0 Å². The molecule has 0 spiro atoms. The number of aldehydes is 1. The van der Waals surface area contributed by atoms with Crippen LogP contribution >= 0.6 is 0 Å². The Morgan fingerprint density at radius 1 is 1.29 bits per heavy atom. The predicted octanol–water partition coefficient (Wildman–Crippen LogP) is 2.92. The highest BCUT2D eigenvalue weighted by Crippen LogP contribution is 2.32. The molecular formula is C11H15NO2. The lowest BCUT2D eigenvalue weighted by Gasteiger charge is -2.10. The summed E-state index contributed by atoms with van der Waals surface area (Å²) in [5.74, 6) is 0.917. The van der Waals surface area contributed by atoms with Gasteiger partial charge in [0.05, 0.1) is 6.20 Å². The zero-order valence-corrected chi connectivity index (χ0v) is 8.24. The van der Waals surface area contributed by atoms with E-state index in [1.807, 2.05) is 0 Å². The molecule has 2 rings (SSSR count). The van der Waals surface area contributed by atoms with Crippen LogP contribution in [-0.2, 0) is 0 Å². The average molecular weight is 193 g/mol. The van der Waals surface area contributed by atoms with E-state index in [4.69, 9.17) is 4.52 Å². The van der Waals surface area contributed by atoms with Crippen LogP contribution in [0, 0.1) is 0 Å². The number of hydrogen-bond acceptors (Lipinski definition) is 3. The number of aromatic nitrogens is 1. The van der Waals surface area contributed by atoms with Gasteiger partial charge in [0.15, 0.2) is 6.29 Å². The molecule has 76 valence electrons. The fourth-order valence-electron chi connectivity index (χ4n) is 2.24. The minimum atomic E-state index is 0.428. The number of rotatable bonds is 2. The van der Waals surface area contributed by atoms with Crippen LogP contribution in [0.2, 0.25) is 0 Å². The summed E-state index contributed by atoms with van der Waals surface area (Å²) < 4.78 is 4.89. The van der Waals surface area contributed by atoms with Gasteiger partial charge in [0.25, 0.3) is 0 Å². The van der Waals surface area contributed by atoms with E-state index >= 15 is 0 Å². The molecule has 0 unspecified atom stereocenters. The van der Waals surface area contributed by atoms with E-state index < -0.39 is 0 Å². The summed E-state index contributed by atoms with van der Waals surface area (Å²) in [5.41, 5.74) is 1.02. The topological polar surface area (TPSA) is 43.1 Å². The molecule has 0 saturated heterocycles. The van der Waals surface area contributed by atoms with Crippen LogP contribution in [0.1, 0.15) is 60.6 Å². The number of nitrogens with zero attached hydrogens (tertiary/aromatic N) is 1. The Kier molecular flexibility index (Phi) is 2.96. The quantitative estimate of drug-likeness (QED) is 0.535. The second-order valence-corrected chi connectivity index (χ2v) is 3.95. The zero-order chi connectivity index (χ0) is 9.80. The van der Waals surface area contributed by atoms with Crippen molar-refractivity contribution in [3.05, 3.63) is 17.5 Å². The second kappa shape index (κ2) is 4.40. The molecule has 1 aromatic rings. The second-order valence-electron chi connectivity index (χ2n) is 3.95. The van der Waals surface area contributed by atoms with Crippen LogP contribution in [0.3, 0.4) is 0 Å². The molecular weight excluding hydrogens is 178 g/mol. The standard InChI is InChI=1S/C11H15NO2/c13-8-11-10(7-12-14-11)9-5-3-1-2-4-6-9/h7-9H,1-6H2. The maximum atomic E-state index is 10.7. The van der Waals surface area contributed by atoms with E-state index in [2.05, 4.69) is 5.16 Å². The summed E-state index contributed by atoms with van der Waals surface area (Å²) in [7, 11) is 0. The lowest BCUT2D eigenvalue weighted by atomic mass is 9.93. The molecule has 1 aromatic heterocycles. The first-order valence-electron chi connectivity index (χ1n) is 5.31. The molecule has 3 heteroatoms. The molecule has 0 aliphatic heterocycles. The van der Waals surface area contributed by atoms with Crippen molar-refractivity contribution in [2.75, 3.05) is 0 Å². The van der Waals surface area contributed by atoms with E-state index in [0.717, 1.165) is 11.8 Å². The number of carbonyl (C=O) groups is 1. The van der Waals surface area contributed by atoms with Crippen molar-refractivity contribution in [1.82, 2.24) is 5.16 Å². The van der Waals surface area contributed by atoms with E-state index in [1.54, 1.807) is 6.20 Å². The number of carbonyl (C=O) groups excluding carboxylic acids is 1. The van der Waals surface area contributed by atoms with E-state index in [0.29, 0.717) is 11.7 Å². The minimum absolute atomic E-state index is 0.428. The highest BCUT2D eigenvalue weighted by atomic mass is 16.5. The van der Waals surface area contributed by atoms with E-state index in [-0.39, 0.29) is 0 Å². The van der Waals surface area contributed by atoms with Crippen molar-refractivity contribution in [3.63, 3.8) is 0 Å². The molecule has 0 amide bonds. The molecule has 0 N–H and O–H groups in total. The average Bonchev–Trinajstić information content (AvgIpc) is 2.52. The van der Waals surface area contributed by atoms with Crippen LogP contribution < -0.4 is 0 Å². The first-order valence-corrected chi connectivity index (χ1v) is 5.31. The van der Waals surface area contributed by atoms with Gasteiger partial charge in [-0.3, -0.25) is 4.79 Å². The molecule has 1 aliphatic carbocycles. The maximum absolute atomic E-state index is 10.7. The highest BCUT2D eigenvalue weighted by molar-refractivity contribution is 5.72. The third-order valence-corrected chi connectivity index (χ3v) is 3.03. The smallest absolute Gasteiger partial charge is 0.202 e. The van der Waals surface area contributed by atoms with Gasteiger partial charge in [-0.15, -0.1) is 0 Å². The molecule has 1 fully saturated rings. The third kappa shape index (κ3) is 1.86. The molecule has 1 saturated carbocycles. The van der Waals surface area contributed by atoms with Gasteiger partial charge in [-0.25, -0.2) is 0 Å². The van der Waals surface area contributed by atoms with Gasteiger partial charge < -0.3 is 4.52 Å². The summed E-state index contributed by atoms with van der Waals surface area (Å²) in [6.45, 7) is 0. The predicted molar refractivity (Wildman–Crippen MR) is 52.3 cm³/mol. The molecule has 0 radical (unpaired) electrons. The summed E-state index contributed by atoms with van der Waals surface area (Å²) >= 11 is 0. The molecule has 1 aliphatic rings. The molecule has 3 nitrogen and oxygen atoms in total. The van der Waals surface area contributed by atoms with Crippen molar-refractivity contribution in [2.45, 2.75) is 44.4 Å². The number of hydrogen-bond donors (Lipinski definition) is 0. The Hall–Kier alpha value is -1.12. The van der Waals surface area contributed by atoms with Crippen LogP contribution in [-0.4, -0.2) is 11.4 Å². The summed E-state index contributed by atoms with van der Waals surface area (Å²) in [6, 6.07) is 0. The van der Waals surface area contributed by atoms with E-state index in [1.165, 1.54) is 38.5 Å². The normalized spacial score (nSPS) is 19.1. The molecule has 14 heavy (non-hydrogen) atoms. The summed E-state index contributed by atoms with van der Waals surface area (Å²) in [4.78, 5) is 10.7. The van der Waals surface area contributed by atoms with Crippen molar-refractivity contribution in [2.24, 2.45) is 0 Å². The van der Waals surface area contributed by atoms with Crippen LogP contribution in [0.15, 0.2) is 10.7 Å². The monoisotopic (exact) mass is 193 g/mol. The molecule has 0 atom stereocenters. The molecule has 0 aromatic carbocycles. The first kappa shape index (κ1) is 9.44. The van der Waals surface area contributed by atoms with Crippen molar-refractivity contribution in [1.29, 1.82) is 0 Å². The first-order chi connectivity index (χ1) is 6.92. The zero-order valence-electron chi connectivity index (χ0n) is 8.24. The van der Waals surface area contributed by atoms with Crippen LogP contribution in [0.5, 0.6) is 0 Å². The Labute approximate surface area is 83.5 Å². The lowest BCUT2D eigenvalue weighted by Crippen LogP contribution is -1.98. The van der Waals surface area contributed by atoms with Crippen LogP contribution in [0.25, 0.3) is 0 Å². The van der Waals surface area contributed by atoms with Crippen molar-refractivity contribution < 1.29 is 9.32 Å². The van der Waals surface area contributed by atoms with Gasteiger partial charge in [-0.05, 0) is 18.8 Å². The fraction of sp³-hybridized carbons (Fsp3) is 0.636. The molecule has 1 heterocycles. The summed E-state index contributed by atoms with van der Waals surface area (Å²) in [6.07, 6.45) is 9.97. The maximum Gasteiger partial charge on any atom is 0.202 e.